The first-order valence-corrected chi connectivity index (χ1v) is 34.4. The van der Waals surface area contributed by atoms with Crippen molar-refractivity contribution in [1.29, 1.82) is 0 Å². The lowest BCUT2D eigenvalue weighted by Gasteiger charge is -2.15. The van der Waals surface area contributed by atoms with E-state index in [-0.39, 0.29) is 25.2 Å². The van der Waals surface area contributed by atoms with Gasteiger partial charge in [0.1, 0.15) is 6.61 Å². The predicted octanol–water partition coefficient (Wildman–Crippen LogP) is 23.6. The number of rotatable bonds is 65. The van der Waals surface area contributed by atoms with E-state index in [9.17, 15) is 14.7 Å². The number of unbranched alkanes of at least 4 members (excludes halogenated alkanes) is 53. The Morgan fingerprint density at radius 2 is 0.533 bits per heavy atom. The zero-order valence-corrected chi connectivity index (χ0v) is 51.1. The fourth-order valence-corrected chi connectivity index (χ4v) is 10.8. The molecule has 1 atom stereocenters. The molecule has 0 aromatic carbocycles. The van der Waals surface area contributed by atoms with Gasteiger partial charge in [-0.25, -0.2) is 0 Å². The maximum atomic E-state index is 12.4. The van der Waals surface area contributed by atoms with Crippen LogP contribution in [0.1, 0.15) is 393 Å². The minimum Gasteiger partial charge on any atom is -0.462 e. The molecule has 5 nitrogen and oxygen atoms in total. The highest BCUT2D eigenvalue weighted by Crippen LogP contribution is 2.19. The van der Waals surface area contributed by atoms with Crippen LogP contribution in [-0.2, 0) is 19.1 Å². The summed E-state index contributed by atoms with van der Waals surface area (Å²) in [6.45, 7) is 4.20. The highest BCUT2D eigenvalue weighted by Gasteiger charge is 2.16. The SMILES string of the molecule is CCCCCCC/C=C\C/C=C\CCCCCCCCCCCCCCCCCCCCCC(=O)OC(CO)COC(=O)CCCCCCCCCCCCCCCCCCCCCCCCCCCCCCCC. The lowest BCUT2D eigenvalue weighted by molar-refractivity contribution is -0.161. The zero-order chi connectivity index (χ0) is 54.1. The maximum Gasteiger partial charge on any atom is 0.306 e. The second-order valence-electron chi connectivity index (χ2n) is 23.6. The number of carbonyl (C=O) groups is 2. The first-order valence-electron chi connectivity index (χ1n) is 34.4. The Balaban J connectivity index is 3.38. The number of ether oxygens (including phenoxy) is 2. The molecular weight excluding hydrogens is 921 g/mol. The molecule has 0 heterocycles. The van der Waals surface area contributed by atoms with Gasteiger partial charge in [0.15, 0.2) is 6.10 Å². The molecule has 0 fully saturated rings. The molecular formula is C70H134O5. The molecule has 0 saturated carbocycles. The van der Waals surface area contributed by atoms with Gasteiger partial charge in [-0.15, -0.1) is 0 Å². The minimum atomic E-state index is -0.768. The van der Waals surface area contributed by atoms with E-state index >= 15 is 0 Å². The van der Waals surface area contributed by atoms with Gasteiger partial charge >= 0.3 is 11.9 Å². The Morgan fingerprint density at radius 1 is 0.307 bits per heavy atom. The van der Waals surface area contributed by atoms with E-state index in [1.54, 1.807) is 0 Å². The van der Waals surface area contributed by atoms with Crippen molar-refractivity contribution in [3.63, 3.8) is 0 Å². The molecule has 0 aromatic rings. The summed E-state index contributed by atoms with van der Waals surface area (Å²) in [7, 11) is 0. The molecule has 1 unspecified atom stereocenters. The van der Waals surface area contributed by atoms with Crippen molar-refractivity contribution in [2.45, 2.75) is 399 Å². The minimum absolute atomic E-state index is 0.0578. The lowest BCUT2D eigenvalue weighted by atomic mass is 10.0. The van der Waals surface area contributed by atoms with Gasteiger partial charge in [-0.3, -0.25) is 9.59 Å². The summed E-state index contributed by atoms with van der Waals surface area (Å²) in [5.41, 5.74) is 0. The molecule has 0 radical (unpaired) electrons. The average Bonchev–Trinajstić information content (AvgIpc) is 3.41. The van der Waals surface area contributed by atoms with Gasteiger partial charge in [-0.1, -0.05) is 359 Å². The molecule has 0 bridgehead atoms. The normalized spacial score (nSPS) is 12.2. The Hall–Kier alpha value is -1.62. The third kappa shape index (κ3) is 64.8. The average molecular weight is 1060 g/mol. The Morgan fingerprint density at radius 3 is 0.787 bits per heavy atom. The van der Waals surface area contributed by atoms with Gasteiger partial charge in [0.2, 0.25) is 0 Å². The highest BCUT2D eigenvalue weighted by atomic mass is 16.6. The summed E-state index contributed by atoms with van der Waals surface area (Å²) >= 11 is 0. The largest absolute Gasteiger partial charge is 0.462 e. The number of hydrogen-bond donors (Lipinski definition) is 1. The van der Waals surface area contributed by atoms with E-state index in [0.29, 0.717) is 12.8 Å². The van der Waals surface area contributed by atoms with Crippen molar-refractivity contribution in [1.82, 2.24) is 0 Å². The molecule has 0 aliphatic carbocycles. The first kappa shape index (κ1) is 73.4. The van der Waals surface area contributed by atoms with Crippen LogP contribution in [0.4, 0.5) is 0 Å². The molecule has 0 rings (SSSR count). The summed E-state index contributed by atoms with van der Waals surface area (Å²) in [6, 6.07) is 0. The van der Waals surface area contributed by atoms with E-state index in [4.69, 9.17) is 9.47 Å². The van der Waals surface area contributed by atoms with Crippen LogP contribution >= 0.6 is 0 Å². The lowest BCUT2D eigenvalue weighted by Crippen LogP contribution is -2.28. The number of hydrogen-bond acceptors (Lipinski definition) is 5. The van der Waals surface area contributed by atoms with E-state index in [0.717, 1.165) is 38.5 Å². The smallest absolute Gasteiger partial charge is 0.306 e. The fourth-order valence-electron chi connectivity index (χ4n) is 10.8. The number of esters is 2. The standard InChI is InChI=1S/C70H134O5/c1-3-5-7-9-11-13-15-17-19-21-23-25-27-29-31-33-35-37-39-41-43-45-47-49-51-53-55-57-59-61-63-65-70(73)75-68(66-71)67-74-69(72)64-62-60-58-56-54-52-50-48-46-44-42-40-38-36-34-32-30-28-26-24-22-20-18-16-14-12-10-8-6-4-2/h15,17,21,23,68,71H,3-14,16,18-20,22,24-67H2,1-2H3/b17-15-,23-21-. The molecule has 1 N–H and O–H groups in total. The topological polar surface area (TPSA) is 72.8 Å². The summed E-state index contributed by atoms with van der Waals surface area (Å²) in [5.74, 6) is -0.563. The van der Waals surface area contributed by atoms with Crippen LogP contribution < -0.4 is 0 Å². The van der Waals surface area contributed by atoms with E-state index < -0.39 is 6.10 Å². The van der Waals surface area contributed by atoms with Crippen LogP contribution in [0.15, 0.2) is 24.3 Å². The third-order valence-corrected chi connectivity index (χ3v) is 16.0. The van der Waals surface area contributed by atoms with Crippen molar-refractivity contribution >= 4 is 11.9 Å². The number of allylic oxidation sites excluding steroid dienone is 4. The van der Waals surface area contributed by atoms with E-state index in [2.05, 4.69) is 38.2 Å². The highest BCUT2D eigenvalue weighted by molar-refractivity contribution is 5.70. The van der Waals surface area contributed by atoms with Crippen molar-refractivity contribution in [2.75, 3.05) is 13.2 Å². The molecule has 0 aliphatic heterocycles. The fraction of sp³-hybridized carbons (Fsp3) is 0.914. The number of carbonyl (C=O) groups excluding carboxylic acids is 2. The molecule has 5 heteroatoms. The van der Waals surface area contributed by atoms with Gasteiger partial charge in [-0.05, 0) is 44.9 Å². The maximum absolute atomic E-state index is 12.4. The van der Waals surface area contributed by atoms with Crippen molar-refractivity contribution in [3.8, 4) is 0 Å². The third-order valence-electron chi connectivity index (χ3n) is 16.0. The van der Waals surface area contributed by atoms with Gasteiger partial charge < -0.3 is 14.6 Å². The van der Waals surface area contributed by atoms with Crippen molar-refractivity contribution in [2.24, 2.45) is 0 Å². The van der Waals surface area contributed by atoms with Crippen LogP contribution in [0.5, 0.6) is 0 Å². The molecule has 0 spiro atoms. The Bertz CT molecular complexity index is 1150. The second kappa shape index (κ2) is 66.7. The summed E-state index contributed by atoms with van der Waals surface area (Å²) in [4.78, 5) is 24.6. The van der Waals surface area contributed by atoms with Gasteiger partial charge in [0.25, 0.3) is 0 Å². The van der Waals surface area contributed by atoms with Crippen LogP contribution in [0.2, 0.25) is 0 Å². The number of aliphatic hydroxyl groups excluding tert-OH is 1. The molecule has 0 saturated heterocycles. The zero-order valence-electron chi connectivity index (χ0n) is 51.1. The van der Waals surface area contributed by atoms with E-state index in [1.807, 2.05) is 0 Å². The van der Waals surface area contributed by atoms with Gasteiger partial charge in [0, 0.05) is 12.8 Å². The second-order valence-corrected chi connectivity index (χ2v) is 23.6. The quantitative estimate of drug-likeness (QED) is 0.0373. The first-order chi connectivity index (χ1) is 37.1. The molecule has 0 aromatic heterocycles. The molecule has 444 valence electrons. The van der Waals surface area contributed by atoms with Crippen LogP contribution in [-0.4, -0.2) is 36.4 Å². The summed E-state index contributed by atoms with van der Waals surface area (Å²) < 4.78 is 10.8. The van der Waals surface area contributed by atoms with Crippen LogP contribution in [0, 0.1) is 0 Å². The van der Waals surface area contributed by atoms with Gasteiger partial charge in [0.05, 0.1) is 6.61 Å². The predicted molar refractivity (Wildman–Crippen MR) is 330 cm³/mol. The number of aliphatic hydroxyl groups is 1. The van der Waals surface area contributed by atoms with Crippen molar-refractivity contribution in [3.05, 3.63) is 24.3 Å². The molecule has 75 heavy (non-hydrogen) atoms. The Kier molecular flexibility index (Phi) is 65.2. The van der Waals surface area contributed by atoms with Crippen LogP contribution in [0.25, 0.3) is 0 Å². The van der Waals surface area contributed by atoms with Crippen molar-refractivity contribution < 1.29 is 24.2 Å². The monoisotopic (exact) mass is 1060 g/mol. The van der Waals surface area contributed by atoms with Gasteiger partial charge in [-0.2, -0.15) is 0 Å². The van der Waals surface area contributed by atoms with E-state index in [1.165, 1.54) is 327 Å². The van der Waals surface area contributed by atoms with Crippen LogP contribution in [0.3, 0.4) is 0 Å². The molecule has 0 amide bonds. The molecule has 0 aliphatic rings. The summed E-state index contributed by atoms with van der Waals surface area (Å²) in [6.07, 6.45) is 86.4. The Labute approximate surface area is 470 Å². The summed E-state index contributed by atoms with van der Waals surface area (Å²) in [5, 5.41) is 9.70.